The van der Waals surface area contributed by atoms with E-state index in [9.17, 15) is 9.59 Å². The van der Waals surface area contributed by atoms with Gasteiger partial charge in [-0.2, -0.15) is 16.3 Å². The summed E-state index contributed by atoms with van der Waals surface area (Å²) in [6, 6.07) is 8.21. The number of anilines is 1. The Balaban J connectivity index is 1.58. The summed E-state index contributed by atoms with van der Waals surface area (Å²) in [6.45, 7) is 5.17. The minimum Gasteiger partial charge on any atom is -0.454 e. The predicted molar refractivity (Wildman–Crippen MR) is 103 cm³/mol. The van der Waals surface area contributed by atoms with Crippen molar-refractivity contribution in [2.24, 2.45) is 0 Å². The van der Waals surface area contributed by atoms with Crippen molar-refractivity contribution in [1.82, 2.24) is 10.1 Å². The lowest BCUT2D eigenvalue weighted by molar-refractivity contribution is 0.0458. The van der Waals surface area contributed by atoms with Crippen LogP contribution in [0.2, 0.25) is 0 Å². The normalized spacial score (nSPS) is 11.1. The van der Waals surface area contributed by atoms with Gasteiger partial charge in [0.05, 0.1) is 11.1 Å². The molecule has 3 rings (SSSR count). The number of rotatable bonds is 5. The number of ether oxygens (including phenoxy) is 2. The minimum absolute atomic E-state index is 0.129. The van der Waals surface area contributed by atoms with E-state index in [-0.39, 0.29) is 18.0 Å². The van der Waals surface area contributed by atoms with Crippen LogP contribution < -0.4 is 5.32 Å². The van der Waals surface area contributed by atoms with E-state index in [0.717, 1.165) is 5.56 Å². The fraction of sp³-hybridized carbons (Fsp3) is 0.263. The fourth-order valence-electron chi connectivity index (χ4n) is 2.17. The van der Waals surface area contributed by atoms with E-state index in [1.807, 2.05) is 16.8 Å². The first kappa shape index (κ1) is 19.6. The van der Waals surface area contributed by atoms with Crippen LogP contribution in [0.4, 0.5) is 10.5 Å². The number of aromatic nitrogens is 2. The van der Waals surface area contributed by atoms with E-state index in [1.165, 1.54) is 17.4 Å². The van der Waals surface area contributed by atoms with Crippen LogP contribution in [0.25, 0.3) is 11.5 Å². The molecular formula is C19H19N3O5S. The molecule has 3 aromatic rings. The Labute approximate surface area is 165 Å². The van der Waals surface area contributed by atoms with Gasteiger partial charge in [-0.1, -0.05) is 11.2 Å². The van der Waals surface area contributed by atoms with Gasteiger partial charge in [0.1, 0.15) is 5.60 Å². The zero-order valence-corrected chi connectivity index (χ0v) is 16.4. The molecule has 9 heteroatoms. The lowest BCUT2D eigenvalue weighted by Gasteiger charge is -2.19. The SMILES string of the molecule is CC(C)(C)OC(=O)Nc1cccc(C(=O)OCc2noc(-c3ccsc3)n2)c1. The number of esters is 1. The number of hydrogen-bond acceptors (Lipinski definition) is 8. The zero-order chi connectivity index (χ0) is 20.1. The second-order valence-corrected chi connectivity index (χ2v) is 7.59. The van der Waals surface area contributed by atoms with E-state index in [2.05, 4.69) is 15.5 Å². The van der Waals surface area contributed by atoms with Crippen molar-refractivity contribution in [2.75, 3.05) is 5.32 Å². The monoisotopic (exact) mass is 401 g/mol. The van der Waals surface area contributed by atoms with E-state index in [1.54, 1.807) is 39.0 Å². The Morgan fingerprint density at radius 3 is 2.79 bits per heavy atom. The summed E-state index contributed by atoms with van der Waals surface area (Å²) in [4.78, 5) is 28.3. The van der Waals surface area contributed by atoms with Crippen LogP contribution in [-0.4, -0.2) is 27.8 Å². The summed E-state index contributed by atoms with van der Waals surface area (Å²) in [5.74, 6) is 0.0585. The van der Waals surface area contributed by atoms with E-state index < -0.39 is 17.7 Å². The fourth-order valence-corrected chi connectivity index (χ4v) is 2.80. The van der Waals surface area contributed by atoms with Crippen molar-refractivity contribution in [3.63, 3.8) is 0 Å². The lowest BCUT2D eigenvalue weighted by Crippen LogP contribution is -2.27. The summed E-state index contributed by atoms with van der Waals surface area (Å²) in [6.07, 6.45) is -0.606. The highest BCUT2D eigenvalue weighted by Crippen LogP contribution is 2.20. The third-order valence-corrected chi connectivity index (χ3v) is 4.00. The summed E-state index contributed by atoms with van der Waals surface area (Å²) in [5, 5.41) is 10.2. The molecule has 0 unspecified atom stereocenters. The first-order chi connectivity index (χ1) is 13.3. The van der Waals surface area contributed by atoms with Crippen LogP contribution >= 0.6 is 11.3 Å². The Hall–Kier alpha value is -3.20. The molecule has 1 aromatic carbocycles. The van der Waals surface area contributed by atoms with Crippen molar-refractivity contribution in [3.8, 4) is 11.5 Å². The molecule has 0 spiro atoms. The molecule has 0 radical (unpaired) electrons. The summed E-state index contributed by atoms with van der Waals surface area (Å²) in [5.41, 5.74) is 0.890. The molecule has 2 heterocycles. The Morgan fingerprint density at radius 2 is 2.07 bits per heavy atom. The molecule has 146 valence electrons. The second-order valence-electron chi connectivity index (χ2n) is 6.81. The number of carbonyl (C=O) groups is 2. The highest BCUT2D eigenvalue weighted by molar-refractivity contribution is 7.08. The third-order valence-electron chi connectivity index (χ3n) is 3.31. The summed E-state index contributed by atoms with van der Waals surface area (Å²) < 4.78 is 15.6. The van der Waals surface area contributed by atoms with Crippen molar-refractivity contribution < 1.29 is 23.6 Å². The van der Waals surface area contributed by atoms with Crippen molar-refractivity contribution in [2.45, 2.75) is 33.0 Å². The zero-order valence-electron chi connectivity index (χ0n) is 15.6. The number of thiophene rings is 1. The summed E-state index contributed by atoms with van der Waals surface area (Å²) in [7, 11) is 0. The van der Waals surface area contributed by atoms with Crippen molar-refractivity contribution in [1.29, 1.82) is 0 Å². The van der Waals surface area contributed by atoms with Crippen LogP contribution in [-0.2, 0) is 16.1 Å². The van der Waals surface area contributed by atoms with Crippen molar-refractivity contribution >= 4 is 29.1 Å². The first-order valence-corrected chi connectivity index (χ1v) is 9.37. The van der Waals surface area contributed by atoms with Gasteiger partial charge in [0.2, 0.25) is 5.82 Å². The standard InChI is InChI=1S/C19H19N3O5S/c1-19(2,3)26-18(24)20-14-6-4-5-12(9-14)17(23)25-10-15-21-16(27-22-15)13-7-8-28-11-13/h4-9,11H,10H2,1-3H3,(H,20,24). The number of amides is 1. The maximum absolute atomic E-state index is 12.3. The number of nitrogens with zero attached hydrogens (tertiary/aromatic N) is 2. The average Bonchev–Trinajstić information content (AvgIpc) is 3.29. The lowest BCUT2D eigenvalue weighted by atomic mass is 10.2. The van der Waals surface area contributed by atoms with E-state index in [4.69, 9.17) is 14.0 Å². The quantitative estimate of drug-likeness (QED) is 0.628. The van der Waals surface area contributed by atoms with Gasteiger partial charge in [-0.3, -0.25) is 5.32 Å². The molecule has 0 aliphatic heterocycles. The van der Waals surface area contributed by atoms with Gasteiger partial charge >= 0.3 is 12.1 Å². The molecule has 0 aliphatic carbocycles. The molecule has 0 saturated heterocycles. The smallest absolute Gasteiger partial charge is 0.412 e. The second kappa shape index (κ2) is 8.22. The highest BCUT2D eigenvalue weighted by atomic mass is 32.1. The van der Waals surface area contributed by atoms with Crippen LogP contribution in [0, 0.1) is 0 Å². The molecule has 8 nitrogen and oxygen atoms in total. The third kappa shape index (κ3) is 5.40. The molecule has 28 heavy (non-hydrogen) atoms. The molecule has 0 aliphatic rings. The van der Waals surface area contributed by atoms with Crippen LogP contribution in [0.15, 0.2) is 45.6 Å². The molecule has 1 amide bonds. The Kier molecular flexibility index (Phi) is 5.74. The molecule has 0 fully saturated rings. The molecule has 0 atom stereocenters. The largest absolute Gasteiger partial charge is 0.454 e. The van der Waals surface area contributed by atoms with Crippen LogP contribution in [0.5, 0.6) is 0 Å². The predicted octanol–water partition coefficient (Wildman–Crippen LogP) is 4.50. The highest BCUT2D eigenvalue weighted by Gasteiger charge is 2.17. The number of hydrogen-bond donors (Lipinski definition) is 1. The van der Waals surface area contributed by atoms with Gasteiger partial charge in [0, 0.05) is 11.1 Å². The van der Waals surface area contributed by atoms with Gasteiger partial charge in [0.15, 0.2) is 6.61 Å². The Bertz CT molecular complexity index is 960. The maximum Gasteiger partial charge on any atom is 0.412 e. The van der Waals surface area contributed by atoms with Crippen molar-refractivity contribution in [3.05, 3.63) is 52.5 Å². The van der Waals surface area contributed by atoms with Gasteiger partial charge in [0.25, 0.3) is 5.89 Å². The van der Waals surface area contributed by atoms with Gasteiger partial charge in [-0.15, -0.1) is 0 Å². The Morgan fingerprint density at radius 1 is 1.25 bits per heavy atom. The van der Waals surface area contributed by atoms with Crippen LogP contribution in [0.1, 0.15) is 37.0 Å². The molecule has 0 bridgehead atoms. The molecule has 1 N–H and O–H groups in total. The number of carbonyl (C=O) groups excluding carboxylic acids is 2. The minimum atomic E-state index is -0.618. The molecular weight excluding hydrogens is 382 g/mol. The first-order valence-electron chi connectivity index (χ1n) is 8.42. The van der Waals surface area contributed by atoms with E-state index in [0.29, 0.717) is 11.6 Å². The molecule has 2 aromatic heterocycles. The van der Waals surface area contributed by atoms with Gasteiger partial charge < -0.3 is 14.0 Å². The topological polar surface area (TPSA) is 104 Å². The number of nitrogens with one attached hydrogen (secondary N) is 1. The summed E-state index contributed by atoms with van der Waals surface area (Å²) >= 11 is 1.52. The van der Waals surface area contributed by atoms with Crippen LogP contribution in [0.3, 0.4) is 0 Å². The number of benzene rings is 1. The van der Waals surface area contributed by atoms with Gasteiger partial charge in [-0.05, 0) is 50.4 Å². The average molecular weight is 401 g/mol. The maximum atomic E-state index is 12.3. The van der Waals surface area contributed by atoms with E-state index >= 15 is 0 Å². The molecule has 0 saturated carbocycles. The van der Waals surface area contributed by atoms with Gasteiger partial charge in [-0.25, -0.2) is 9.59 Å².